The molecule has 0 saturated carbocycles. The van der Waals surface area contributed by atoms with E-state index in [0.717, 1.165) is 48.4 Å². The molecule has 1 aromatic carbocycles. The highest BCUT2D eigenvalue weighted by Gasteiger charge is 2.12. The molecule has 1 saturated heterocycles. The van der Waals surface area contributed by atoms with Crippen LogP contribution in [0.2, 0.25) is 0 Å². The average molecular weight is 948 g/mol. The zero-order valence-electron chi connectivity index (χ0n) is 42.9. The number of benzene rings is 1. The summed E-state index contributed by atoms with van der Waals surface area (Å²) in [7, 11) is 0. The van der Waals surface area contributed by atoms with Crippen LogP contribution in [0.1, 0.15) is 133 Å². The van der Waals surface area contributed by atoms with Gasteiger partial charge in [-0.2, -0.15) is 50.1 Å². The molecule has 69 heavy (non-hydrogen) atoms. The Labute approximate surface area is 405 Å². The third kappa shape index (κ3) is 18.6. The van der Waals surface area contributed by atoms with Crippen molar-refractivity contribution in [1.29, 1.82) is 0 Å². The number of hydrogen-bond acceptors (Lipinski definition) is 16. The van der Waals surface area contributed by atoms with Gasteiger partial charge < -0.3 is 4.74 Å². The number of pyridine rings is 1. The Morgan fingerprint density at radius 1 is 0.435 bits per heavy atom. The predicted molar refractivity (Wildman–Crippen MR) is 268 cm³/mol. The molecule has 372 valence electrons. The zero-order valence-corrected chi connectivity index (χ0v) is 42.9. The van der Waals surface area contributed by atoms with Gasteiger partial charge in [-0.05, 0) is 138 Å². The molecule has 0 amide bonds. The Kier molecular flexibility index (Phi) is 22.5. The number of ether oxygens (including phenoxy) is 1. The molecule has 0 spiro atoms. The van der Waals surface area contributed by atoms with E-state index in [4.69, 9.17) is 4.74 Å². The fourth-order valence-corrected chi connectivity index (χ4v) is 5.73. The SMILES string of the molecule is CC(C)N1CCOCC1.CC(C)n1cc2nccnc2n1.CC(C)n1cccn1.CC(C)n1cnnn1.CC(C)n1nc2ccccc2n1.CC(C)n1nc2cccnc2n1.CC(C)n1nccn1. The number of morpholine rings is 1. The highest BCUT2D eigenvalue weighted by molar-refractivity contribution is 5.73. The third-order valence-electron chi connectivity index (χ3n) is 9.72. The number of fused-ring (bicyclic) bond motifs is 3. The van der Waals surface area contributed by atoms with E-state index in [1.807, 2.05) is 106 Å². The molecule has 1 aliphatic rings. The normalized spacial score (nSPS) is 12.5. The van der Waals surface area contributed by atoms with Crippen molar-refractivity contribution in [1.82, 2.24) is 105 Å². The highest BCUT2D eigenvalue weighted by atomic mass is 16.5. The fourth-order valence-electron chi connectivity index (χ4n) is 5.73. The summed E-state index contributed by atoms with van der Waals surface area (Å²) in [6.45, 7) is 33.2. The molecular weight excluding hydrogens is 875 g/mol. The zero-order chi connectivity index (χ0) is 50.3. The van der Waals surface area contributed by atoms with Gasteiger partial charge in [0.25, 0.3) is 0 Å². The summed E-state index contributed by atoms with van der Waals surface area (Å²) >= 11 is 0. The first kappa shape index (κ1) is 54.7. The van der Waals surface area contributed by atoms with Gasteiger partial charge in [-0.15, -0.1) is 10.2 Å². The summed E-state index contributed by atoms with van der Waals surface area (Å²) in [5.41, 5.74) is 5.06. The number of nitrogens with zero attached hydrogens (tertiary/aromatic N) is 21. The minimum Gasteiger partial charge on any atom is -0.379 e. The summed E-state index contributed by atoms with van der Waals surface area (Å²) in [4.78, 5) is 19.8. The largest absolute Gasteiger partial charge is 0.379 e. The van der Waals surface area contributed by atoms with Crippen LogP contribution in [-0.4, -0.2) is 137 Å². The molecule has 9 aromatic rings. The predicted octanol–water partition coefficient (Wildman–Crippen LogP) is 8.13. The van der Waals surface area contributed by atoms with Crippen molar-refractivity contribution in [3.63, 3.8) is 0 Å². The topological polar surface area (TPSA) is 223 Å². The van der Waals surface area contributed by atoms with Gasteiger partial charge in [0.15, 0.2) is 5.65 Å². The molecule has 0 bridgehead atoms. The van der Waals surface area contributed by atoms with Crippen molar-refractivity contribution in [3.8, 4) is 0 Å². The molecule has 1 fully saturated rings. The molecule has 8 aromatic heterocycles. The first-order valence-corrected chi connectivity index (χ1v) is 23.6. The van der Waals surface area contributed by atoms with E-state index in [1.165, 1.54) is 0 Å². The summed E-state index contributed by atoms with van der Waals surface area (Å²) < 4.78 is 10.7. The van der Waals surface area contributed by atoms with Crippen LogP contribution in [-0.2, 0) is 4.74 Å². The first-order chi connectivity index (χ1) is 33.0. The maximum atomic E-state index is 5.21. The van der Waals surface area contributed by atoms with E-state index in [-0.39, 0.29) is 0 Å². The van der Waals surface area contributed by atoms with Gasteiger partial charge >= 0.3 is 0 Å². The number of aromatic nitrogens is 20. The summed E-state index contributed by atoms with van der Waals surface area (Å²) in [6, 6.07) is 16.5. The second-order valence-electron chi connectivity index (χ2n) is 17.7. The Balaban J connectivity index is 0.000000177. The van der Waals surface area contributed by atoms with Crippen molar-refractivity contribution in [2.24, 2.45) is 0 Å². The van der Waals surface area contributed by atoms with E-state index in [2.05, 4.69) is 132 Å². The van der Waals surface area contributed by atoms with E-state index in [9.17, 15) is 0 Å². The van der Waals surface area contributed by atoms with Gasteiger partial charge in [0.1, 0.15) is 28.4 Å². The molecule has 0 aliphatic carbocycles. The maximum Gasteiger partial charge on any atom is 0.201 e. The van der Waals surface area contributed by atoms with Crippen LogP contribution in [0, 0.1) is 0 Å². The third-order valence-corrected chi connectivity index (χ3v) is 9.72. The van der Waals surface area contributed by atoms with Crippen molar-refractivity contribution >= 4 is 33.4 Å². The smallest absolute Gasteiger partial charge is 0.201 e. The molecule has 0 radical (unpaired) electrons. The van der Waals surface area contributed by atoms with E-state index >= 15 is 0 Å². The van der Waals surface area contributed by atoms with Crippen molar-refractivity contribution < 1.29 is 4.74 Å². The van der Waals surface area contributed by atoms with Gasteiger partial charge in [-0.3, -0.25) is 14.3 Å². The Morgan fingerprint density at radius 3 is 1.41 bits per heavy atom. The molecule has 9 heterocycles. The van der Waals surface area contributed by atoms with E-state index < -0.39 is 0 Å². The van der Waals surface area contributed by atoms with Gasteiger partial charge in [-0.25, -0.2) is 19.6 Å². The first-order valence-electron chi connectivity index (χ1n) is 23.6. The average Bonchev–Trinajstić information content (AvgIpc) is 4.21. The Hall–Kier alpha value is -6.94. The lowest BCUT2D eigenvalue weighted by molar-refractivity contribution is 0.0238. The van der Waals surface area contributed by atoms with E-state index in [1.54, 1.807) is 62.6 Å². The fraction of sp³-hybridized carbons (Fsp3) is 0.532. The Morgan fingerprint density at radius 2 is 0.971 bits per heavy atom. The molecule has 0 N–H and O–H groups in total. The van der Waals surface area contributed by atoms with Gasteiger partial charge in [-0.1, -0.05) is 12.1 Å². The van der Waals surface area contributed by atoms with E-state index in [0.29, 0.717) is 53.6 Å². The number of tetrazole rings is 1. The monoisotopic (exact) mass is 948 g/mol. The summed E-state index contributed by atoms with van der Waals surface area (Å²) in [5.74, 6) is 0. The maximum absolute atomic E-state index is 5.21. The highest BCUT2D eigenvalue weighted by Crippen LogP contribution is 2.11. The quantitative estimate of drug-likeness (QED) is 0.147. The molecule has 0 unspecified atom stereocenters. The minimum absolute atomic E-state index is 0.291. The van der Waals surface area contributed by atoms with Crippen LogP contribution in [0.3, 0.4) is 0 Å². The Bertz CT molecular complexity index is 2300. The minimum atomic E-state index is 0.291. The van der Waals surface area contributed by atoms with Gasteiger partial charge in [0.05, 0.1) is 49.9 Å². The van der Waals surface area contributed by atoms with Crippen LogP contribution in [0.15, 0.2) is 98.4 Å². The number of rotatable bonds is 7. The lowest BCUT2D eigenvalue weighted by Gasteiger charge is -2.29. The lowest BCUT2D eigenvalue weighted by Crippen LogP contribution is -2.40. The summed E-state index contributed by atoms with van der Waals surface area (Å²) in [5, 5.41) is 43.9. The van der Waals surface area contributed by atoms with Gasteiger partial charge in [0.2, 0.25) is 5.65 Å². The van der Waals surface area contributed by atoms with Crippen LogP contribution in [0.25, 0.3) is 33.4 Å². The van der Waals surface area contributed by atoms with Crippen molar-refractivity contribution in [3.05, 3.63) is 98.4 Å². The molecule has 0 atom stereocenters. The second-order valence-corrected chi connectivity index (χ2v) is 17.7. The molecule has 22 heteroatoms. The van der Waals surface area contributed by atoms with Crippen LogP contribution >= 0.6 is 0 Å². The standard InChI is InChI=1S/C9H11N3.2C8H10N4.C7H15NO.C6H10N2.C5H9N3.C4H8N4/c1-7(2)12-10-8-5-3-4-6-9(8)11-12;1-6(2)12-5-7-8(11-12)10-4-3-9-7;1-6(2)12-10-7-4-3-5-9-8(7)11-12;1-7(2)8-3-5-9-6-4-8;1-6(2)8-5-3-4-7-8;1-5(2)8-6-3-4-7-8;1-4(2)8-3-5-6-7-8/h3-7H,1-2H3;2*3-6H,1-2H3;7H,3-6H2,1-2H3;3-6H,1-2H3;3-5H,1-2H3;3-4H,1-2H3. The molecular formula is C47H73N21O. The molecule has 1 aliphatic heterocycles. The van der Waals surface area contributed by atoms with Crippen LogP contribution in [0.4, 0.5) is 0 Å². The summed E-state index contributed by atoms with van der Waals surface area (Å²) in [6.07, 6.45) is 15.7. The lowest BCUT2D eigenvalue weighted by atomic mass is 10.3. The van der Waals surface area contributed by atoms with Crippen molar-refractivity contribution in [2.45, 2.75) is 139 Å². The number of hydrogen-bond donors (Lipinski definition) is 0. The molecule has 10 rings (SSSR count). The van der Waals surface area contributed by atoms with Crippen LogP contribution in [0.5, 0.6) is 0 Å². The van der Waals surface area contributed by atoms with Gasteiger partial charge in [0, 0.05) is 68.2 Å². The second kappa shape index (κ2) is 28.4. The molecule has 22 nitrogen and oxygen atoms in total. The van der Waals surface area contributed by atoms with Crippen LogP contribution < -0.4 is 0 Å². The van der Waals surface area contributed by atoms with Crippen molar-refractivity contribution in [2.75, 3.05) is 26.3 Å².